The highest BCUT2D eigenvalue weighted by Gasteiger charge is 2.21. The lowest BCUT2D eigenvalue weighted by atomic mass is 10.1. The number of aryl methyl sites for hydroxylation is 1. The molecule has 3 rings (SSSR count). The maximum atomic E-state index is 12.8. The summed E-state index contributed by atoms with van der Waals surface area (Å²) in [6.45, 7) is 3.88. The van der Waals surface area contributed by atoms with E-state index in [0.29, 0.717) is 22.7 Å². The number of nitrogens with two attached hydrogens (primary N) is 1. The number of hydrogen-bond donors (Lipinski definition) is 2. The lowest BCUT2D eigenvalue weighted by Gasteiger charge is -2.16. The van der Waals surface area contributed by atoms with Gasteiger partial charge in [-0.15, -0.1) is 0 Å². The Morgan fingerprint density at radius 3 is 2.34 bits per heavy atom. The standard InChI is InChI=1S/C23H22N4O3S2/c1-3-21(22(28)26-18-9-11-19(12-10-18)32(25,29)30)31-23-17(14-24)8-13-20(27-23)16-6-4-15(2)5-7-16/h4-13,21H,3H2,1-2H3,(H,26,28)(H2,25,29,30). The first-order chi connectivity index (χ1) is 15.2. The van der Waals surface area contributed by atoms with E-state index in [1.807, 2.05) is 38.1 Å². The molecule has 0 aliphatic rings. The van der Waals surface area contributed by atoms with Gasteiger partial charge in [-0.1, -0.05) is 48.5 Å². The molecule has 1 amide bonds. The predicted molar refractivity (Wildman–Crippen MR) is 126 cm³/mol. The molecule has 1 unspecified atom stereocenters. The molecule has 32 heavy (non-hydrogen) atoms. The number of pyridine rings is 1. The minimum absolute atomic E-state index is 0.0345. The van der Waals surface area contributed by atoms with Gasteiger partial charge in [-0.25, -0.2) is 18.5 Å². The number of nitrogens with zero attached hydrogens (tertiary/aromatic N) is 2. The van der Waals surface area contributed by atoms with E-state index in [-0.39, 0.29) is 10.8 Å². The number of anilines is 1. The van der Waals surface area contributed by atoms with Gasteiger partial charge in [-0.3, -0.25) is 4.79 Å². The van der Waals surface area contributed by atoms with Crippen molar-refractivity contribution in [1.29, 1.82) is 5.26 Å². The number of carbonyl (C=O) groups is 1. The predicted octanol–water partition coefficient (Wildman–Crippen LogP) is 4.09. The van der Waals surface area contributed by atoms with Crippen LogP contribution in [0.4, 0.5) is 5.69 Å². The van der Waals surface area contributed by atoms with Crippen LogP contribution in [-0.4, -0.2) is 24.6 Å². The third-order valence-electron chi connectivity index (χ3n) is 4.70. The van der Waals surface area contributed by atoms with Gasteiger partial charge in [0.1, 0.15) is 11.1 Å². The number of primary sulfonamides is 1. The number of benzene rings is 2. The van der Waals surface area contributed by atoms with Crippen LogP contribution in [0.1, 0.15) is 24.5 Å². The van der Waals surface area contributed by atoms with E-state index >= 15 is 0 Å². The zero-order chi connectivity index (χ0) is 23.3. The van der Waals surface area contributed by atoms with Crippen LogP contribution in [0.15, 0.2) is 70.6 Å². The molecule has 1 heterocycles. The zero-order valence-electron chi connectivity index (χ0n) is 17.6. The molecule has 1 atom stereocenters. The average Bonchev–Trinajstić information content (AvgIpc) is 2.77. The van der Waals surface area contributed by atoms with Crippen molar-refractivity contribution in [2.45, 2.75) is 35.4 Å². The SMILES string of the molecule is CCC(Sc1nc(-c2ccc(C)cc2)ccc1C#N)C(=O)Nc1ccc(S(N)(=O)=O)cc1. The summed E-state index contributed by atoms with van der Waals surface area (Å²) in [5.41, 5.74) is 3.63. The number of thioether (sulfide) groups is 1. The second kappa shape index (κ2) is 9.96. The van der Waals surface area contributed by atoms with E-state index < -0.39 is 15.3 Å². The van der Waals surface area contributed by atoms with Crippen molar-refractivity contribution in [3.63, 3.8) is 0 Å². The summed E-state index contributed by atoms with van der Waals surface area (Å²) in [6.07, 6.45) is 0.507. The Balaban J connectivity index is 1.80. The van der Waals surface area contributed by atoms with Crippen LogP contribution in [0.2, 0.25) is 0 Å². The third-order valence-corrected chi connectivity index (χ3v) is 6.99. The first kappa shape index (κ1) is 23.5. The van der Waals surface area contributed by atoms with Crippen LogP contribution >= 0.6 is 11.8 Å². The van der Waals surface area contributed by atoms with Crippen molar-refractivity contribution in [1.82, 2.24) is 4.98 Å². The fourth-order valence-corrected chi connectivity index (χ4v) is 4.42. The Kier molecular flexibility index (Phi) is 7.30. The second-order valence-corrected chi connectivity index (χ2v) is 9.85. The summed E-state index contributed by atoms with van der Waals surface area (Å²) in [7, 11) is -3.80. The van der Waals surface area contributed by atoms with Gasteiger partial charge in [0.15, 0.2) is 0 Å². The average molecular weight is 467 g/mol. The number of amides is 1. The monoisotopic (exact) mass is 466 g/mol. The maximum Gasteiger partial charge on any atom is 0.238 e. The Bertz CT molecular complexity index is 1270. The second-order valence-electron chi connectivity index (χ2n) is 7.10. The van der Waals surface area contributed by atoms with E-state index in [4.69, 9.17) is 5.14 Å². The third kappa shape index (κ3) is 5.73. The van der Waals surface area contributed by atoms with E-state index in [9.17, 15) is 18.5 Å². The first-order valence-corrected chi connectivity index (χ1v) is 12.2. The number of aromatic nitrogens is 1. The molecular formula is C23H22N4O3S2. The lowest BCUT2D eigenvalue weighted by Crippen LogP contribution is -2.25. The van der Waals surface area contributed by atoms with Gasteiger partial charge in [0.05, 0.1) is 21.4 Å². The minimum atomic E-state index is -3.80. The van der Waals surface area contributed by atoms with Gasteiger partial charge in [0, 0.05) is 11.3 Å². The van der Waals surface area contributed by atoms with E-state index in [2.05, 4.69) is 16.4 Å². The highest BCUT2D eigenvalue weighted by atomic mass is 32.2. The highest BCUT2D eigenvalue weighted by Crippen LogP contribution is 2.30. The van der Waals surface area contributed by atoms with Gasteiger partial charge in [-0.05, 0) is 49.7 Å². The van der Waals surface area contributed by atoms with Gasteiger partial charge < -0.3 is 5.32 Å². The summed E-state index contributed by atoms with van der Waals surface area (Å²) in [5.74, 6) is -0.271. The number of carbonyl (C=O) groups excluding carboxylic acids is 1. The quantitative estimate of drug-likeness (QED) is 0.505. The van der Waals surface area contributed by atoms with Crippen LogP contribution in [-0.2, 0) is 14.8 Å². The molecule has 0 fully saturated rings. The molecular weight excluding hydrogens is 444 g/mol. The van der Waals surface area contributed by atoms with Crippen LogP contribution in [0.5, 0.6) is 0 Å². The Labute approximate surface area is 191 Å². The molecule has 0 aliphatic carbocycles. The van der Waals surface area contributed by atoms with Crippen molar-refractivity contribution in [3.05, 3.63) is 71.8 Å². The van der Waals surface area contributed by atoms with Gasteiger partial charge in [0.25, 0.3) is 0 Å². The van der Waals surface area contributed by atoms with Gasteiger partial charge in [-0.2, -0.15) is 5.26 Å². The molecule has 1 aromatic heterocycles. The molecule has 0 bridgehead atoms. The topological polar surface area (TPSA) is 126 Å². The summed E-state index contributed by atoms with van der Waals surface area (Å²) in [5, 5.41) is 17.4. The molecule has 3 aromatic rings. The van der Waals surface area contributed by atoms with E-state index in [1.165, 1.54) is 36.0 Å². The molecule has 0 saturated heterocycles. The highest BCUT2D eigenvalue weighted by molar-refractivity contribution is 8.00. The number of nitrogens with one attached hydrogen (secondary N) is 1. The minimum Gasteiger partial charge on any atom is -0.325 e. The summed E-state index contributed by atoms with van der Waals surface area (Å²) >= 11 is 1.23. The van der Waals surface area contributed by atoms with Crippen LogP contribution in [0, 0.1) is 18.3 Å². The molecule has 0 saturated carbocycles. The van der Waals surface area contributed by atoms with E-state index in [1.54, 1.807) is 12.1 Å². The van der Waals surface area contributed by atoms with Crippen molar-refractivity contribution in [2.24, 2.45) is 5.14 Å². The fraction of sp³-hybridized carbons (Fsp3) is 0.174. The molecule has 0 aliphatic heterocycles. The van der Waals surface area contributed by atoms with Crippen molar-refractivity contribution in [2.75, 3.05) is 5.32 Å². The number of sulfonamides is 1. The van der Waals surface area contributed by atoms with Crippen molar-refractivity contribution >= 4 is 33.4 Å². The molecule has 0 radical (unpaired) electrons. The summed E-state index contributed by atoms with van der Waals surface area (Å²) < 4.78 is 22.8. The van der Waals surface area contributed by atoms with Gasteiger partial charge in [0.2, 0.25) is 15.9 Å². The van der Waals surface area contributed by atoms with Crippen molar-refractivity contribution in [3.8, 4) is 17.3 Å². The fourth-order valence-electron chi connectivity index (χ4n) is 2.91. The smallest absolute Gasteiger partial charge is 0.238 e. The molecule has 9 heteroatoms. The van der Waals surface area contributed by atoms with E-state index in [0.717, 1.165) is 16.8 Å². The molecule has 164 valence electrons. The number of hydrogen-bond acceptors (Lipinski definition) is 6. The molecule has 2 aromatic carbocycles. The molecule has 3 N–H and O–H groups in total. The lowest BCUT2D eigenvalue weighted by molar-refractivity contribution is -0.115. The Morgan fingerprint density at radius 1 is 1.12 bits per heavy atom. The molecule has 7 nitrogen and oxygen atoms in total. The van der Waals surface area contributed by atoms with Crippen LogP contribution < -0.4 is 10.5 Å². The number of rotatable bonds is 7. The van der Waals surface area contributed by atoms with Crippen LogP contribution in [0.3, 0.4) is 0 Å². The first-order valence-electron chi connectivity index (χ1n) is 9.80. The Morgan fingerprint density at radius 2 is 1.78 bits per heavy atom. The van der Waals surface area contributed by atoms with Crippen LogP contribution in [0.25, 0.3) is 11.3 Å². The Hall–Kier alpha value is -3.19. The van der Waals surface area contributed by atoms with Gasteiger partial charge >= 0.3 is 0 Å². The summed E-state index contributed by atoms with van der Waals surface area (Å²) in [6, 6.07) is 19.2. The normalized spacial score (nSPS) is 12.1. The maximum absolute atomic E-state index is 12.8. The largest absolute Gasteiger partial charge is 0.325 e. The molecule has 0 spiro atoms. The zero-order valence-corrected chi connectivity index (χ0v) is 19.2. The number of nitriles is 1. The summed E-state index contributed by atoms with van der Waals surface area (Å²) in [4.78, 5) is 17.4. The van der Waals surface area contributed by atoms with Crippen molar-refractivity contribution < 1.29 is 13.2 Å².